The van der Waals surface area contributed by atoms with Crippen LogP contribution in [0.15, 0.2) is 24.3 Å². The number of methoxy groups -OCH3 is 2. The number of nitrogens with one attached hydrogen (secondary N) is 1. The molecule has 1 heterocycles. The van der Waals surface area contributed by atoms with Gasteiger partial charge in [-0.05, 0) is 61.9 Å². The van der Waals surface area contributed by atoms with Gasteiger partial charge in [0.2, 0.25) is 0 Å². The molecule has 156 valence electrons. The number of amides is 1. The van der Waals surface area contributed by atoms with Crippen molar-refractivity contribution in [3.8, 4) is 11.5 Å². The standard InChI is InChI=1S/C22H27NO5S/c1-14(21(24)23-13-15-9-10-17(26-2)18(11-15)27-3)28-22(25)20-12-16-7-5-4-6-8-19(16)29-20/h9-12,14H,4-8,13H2,1-3H3,(H,23,24)/t14-/m0/s1. The van der Waals surface area contributed by atoms with Gasteiger partial charge in [-0.3, -0.25) is 4.79 Å². The fraction of sp³-hybridized carbons (Fsp3) is 0.455. The van der Waals surface area contributed by atoms with Gasteiger partial charge in [-0.15, -0.1) is 11.3 Å². The smallest absolute Gasteiger partial charge is 0.349 e. The van der Waals surface area contributed by atoms with Crippen LogP contribution in [0.3, 0.4) is 0 Å². The van der Waals surface area contributed by atoms with Crippen LogP contribution in [0, 0.1) is 0 Å². The molecule has 0 fully saturated rings. The monoisotopic (exact) mass is 417 g/mol. The van der Waals surface area contributed by atoms with E-state index in [0.717, 1.165) is 31.2 Å². The molecule has 0 aliphatic heterocycles. The lowest BCUT2D eigenvalue weighted by Gasteiger charge is -2.14. The van der Waals surface area contributed by atoms with E-state index in [9.17, 15) is 9.59 Å². The highest BCUT2D eigenvalue weighted by molar-refractivity contribution is 7.14. The number of carbonyl (C=O) groups is 2. The molecule has 2 aromatic rings. The van der Waals surface area contributed by atoms with Crippen LogP contribution in [-0.2, 0) is 28.9 Å². The molecule has 1 aromatic carbocycles. The molecule has 0 spiro atoms. The highest BCUT2D eigenvalue weighted by Gasteiger charge is 2.22. The second-order valence-corrected chi connectivity index (χ2v) is 8.21. The molecule has 29 heavy (non-hydrogen) atoms. The summed E-state index contributed by atoms with van der Waals surface area (Å²) in [5, 5.41) is 2.79. The molecular formula is C22H27NO5S. The third kappa shape index (κ3) is 5.29. The van der Waals surface area contributed by atoms with Crippen molar-refractivity contribution in [1.29, 1.82) is 0 Å². The van der Waals surface area contributed by atoms with Gasteiger partial charge in [-0.2, -0.15) is 0 Å². The summed E-state index contributed by atoms with van der Waals surface area (Å²) in [6, 6.07) is 7.36. The topological polar surface area (TPSA) is 73.9 Å². The van der Waals surface area contributed by atoms with E-state index in [4.69, 9.17) is 14.2 Å². The van der Waals surface area contributed by atoms with Crippen molar-refractivity contribution in [3.63, 3.8) is 0 Å². The van der Waals surface area contributed by atoms with Crippen molar-refractivity contribution in [3.05, 3.63) is 45.1 Å². The average Bonchev–Trinajstić information content (AvgIpc) is 3.02. The Kier molecular flexibility index (Phi) is 7.14. The summed E-state index contributed by atoms with van der Waals surface area (Å²) >= 11 is 1.50. The van der Waals surface area contributed by atoms with Gasteiger partial charge in [0.25, 0.3) is 5.91 Å². The number of aryl methyl sites for hydroxylation is 2. The van der Waals surface area contributed by atoms with Crippen LogP contribution in [0.4, 0.5) is 0 Å². The summed E-state index contributed by atoms with van der Waals surface area (Å²) in [7, 11) is 3.13. The molecule has 0 saturated carbocycles. The quantitative estimate of drug-likeness (QED) is 0.546. The molecule has 1 amide bonds. The molecule has 1 aromatic heterocycles. The number of benzene rings is 1. The third-order valence-electron chi connectivity index (χ3n) is 5.02. The Balaban J connectivity index is 1.54. The van der Waals surface area contributed by atoms with E-state index in [1.807, 2.05) is 12.1 Å². The van der Waals surface area contributed by atoms with Gasteiger partial charge < -0.3 is 19.5 Å². The molecule has 0 unspecified atom stereocenters. The number of hydrogen-bond acceptors (Lipinski definition) is 6. The molecule has 1 atom stereocenters. The SMILES string of the molecule is COc1ccc(CNC(=O)[C@H](C)OC(=O)c2cc3c(s2)CCCCC3)cc1OC. The van der Waals surface area contributed by atoms with Gasteiger partial charge in [0.05, 0.1) is 14.2 Å². The van der Waals surface area contributed by atoms with Gasteiger partial charge in [-0.25, -0.2) is 4.79 Å². The molecule has 0 radical (unpaired) electrons. The second-order valence-electron chi connectivity index (χ2n) is 7.07. The van der Waals surface area contributed by atoms with Gasteiger partial charge in [0, 0.05) is 11.4 Å². The van der Waals surface area contributed by atoms with Crippen molar-refractivity contribution in [2.24, 2.45) is 0 Å². The Labute approximate surface area is 175 Å². The summed E-state index contributed by atoms with van der Waals surface area (Å²) in [6.45, 7) is 1.88. The number of hydrogen-bond donors (Lipinski definition) is 1. The predicted octanol–water partition coefficient (Wildman–Crippen LogP) is 3.90. The van der Waals surface area contributed by atoms with Crippen LogP contribution in [-0.4, -0.2) is 32.2 Å². The number of rotatable bonds is 7. The van der Waals surface area contributed by atoms with E-state index in [2.05, 4.69) is 5.32 Å². The predicted molar refractivity (Wildman–Crippen MR) is 112 cm³/mol. The van der Waals surface area contributed by atoms with Crippen LogP contribution in [0.25, 0.3) is 0 Å². The minimum Gasteiger partial charge on any atom is -0.493 e. The Morgan fingerprint density at radius 3 is 2.59 bits per heavy atom. The van der Waals surface area contributed by atoms with Gasteiger partial charge >= 0.3 is 5.97 Å². The Hall–Kier alpha value is -2.54. The van der Waals surface area contributed by atoms with Crippen LogP contribution in [0.5, 0.6) is 11.5 Å². The van der Waals surface area contributed by atoms with Gasteiger partial charge in [0.1, 0.15) is 4.88 Å². The summed E-state index contributed by atoms with van der Waals surface area (Å²) in [5.74, 6) is 0.443. The first-order chi connectivity index (χ1) is 14.0. The molecule has 1 N–H and O–H groups in total. The number of fused-ring (bicyclic) bond motifs is 1. The zero-order valence-corrected chi connectivity index (χ0v) is 17.9. The fourth-order valence-corrected chi connectivity index (χ4v) is 4.50. The highest BCUT2D eigenvalue weighted by atomic mass is 32.1. The zero-order valence-electron chi connectivity index (χ0n) is 17.1. The highest BCUT2D eigenvalue weighted by Crippen LogP contribution is 2.30. The number of ether oxygens (including phenoxy) is 3. The maximum absolute atomic E-state index is 12.5. The van der Waals surface area contributed by atoms with Crippen molar-refractivity contribution in [2.45, 2.75) is 51.7 Å². The van der Waals surface area contributed by atoms with Crippen LogP contribution in [0.2, 0.25) is 0 Å². The van der Waals surface area contributed by atoms with E-state index in [1.54, 1.807) is 33.3 Å². The van der Waals surface area contributed by atoms with E-state index < -0.39 is 12.1 Å². The molecule has 1 aliphatic carbocycles. The minimum atomic E-state index is -0.871. The third-order valence-corrected chi connectivity index (χ3v) is 6.23. The summed E-state index contributed by atoms with van der Waals surface area (Å²) in [5.41, 5.74) is 2.11. The Morgan fingerprint density at radius 1 is 1.07 bits per heavy atom. The largest absolute Gasteiger partial charge is 0.493 e. The fourth-order valence-electron chi connectivity index (χ4n) is 3.36. The zero-order chi connectivity index (χ0) is 20.8. The molecular weight excluding hydrogens is 390 g/mol. The van der Waals surface area contributed by atoms with Crippen LogP contribution in [0.1, 0.15) is 51.9 Å². The van der Waals surface area contributed by atoms with E-state index >= 15 is 0 Å². The molecule has 1 aliphatic rings. The first-order valence-corrected chi connectivity index (χ1v) is 10.6. The molecule has 7 heteroatoms. The van der Waals surface area contributed by atoms with Gasteiger partial charge in [0.15, 0.2) is 17.6 Å². The summed E-state index contributed by atoms with van der Waals surface area (Å²) < 4.78 is 15.9. The number of esters is 1. The number of thiophene rings is 1. The maximum atomic E-state index is 12.5. The van der Waals surface area contributed by atoms with Crippen LogP contribution < -0.4 is 14.8 Å². The lowest BCUT2D eigenvalue weighted by atomic mass is 10.1. The molecule has 0 bridgehead atoms. The Morgan fingerprint density at radius 2 is 1.83 bits per heavy atom. The molecule has 6 nitrogen and oxygen atoms in total. The average molecular weight is 418 g/mol. The van der Waals surface area contributed by atoms with Gasteiger partial charge in [-0.1, -0.05) is 12.5 Å². The second kappa shape index (κ2) is 9.78. The number of carbonyl (C=O) groups excluding carboxylic acids is 2. The minimum absolute atomic E-state index is 0.300. The molecule has 3 rings (SSSR count). The first kappa shape index (κ1) is 21.2. The lowest BCUT2D eigenvalue weighted by Crippen LogP contribution is -2.35. The first-order valence-electron chi connectivity index (χ1n) is 9.83. The van der Waals surface area contributed by atoms with E-state index in [-0.39, 0.29) is 5.91 Å². The van der Waals surface area contributed by atoms with E-state index in [0.29, 0.717) is 22.9 Å². The van der Waals surface area contributed by atoms with Crippen LogP contribution >= 0.6 is 11.3 Å². The molecule has 0 saturated heterocycles. The normalized spacial score (nSPS) is 14.3. The summed E-state index contributed by atoms with van der Waals surface area (Å²) in [4.78, 5) is 26.7. The van der Waals surface area contributed by atoms with Crippen molar-refractivity contribution in [2.75, 3.05) is 14.2 Å². The lowest BCUT2D eigenvalue weighted by molar-refractivity contribution is -0.129. The van der Waals surface area contributed by atoms with Crippen molar-refractivity contribution < 1.29 is 23.8 Å². The van der Waals surface area contributed by atoms with E-state index in [1.165, 1.54) is 28.2 Å². The summed E-state index contributed by atoms with van der Waals surface area (Å²) in [6.07, 6.45) is 4.72. The van der Waals surface area contributed by atoms with Crippen molar-refractivity contribution >= 4 is 23.2 Å². The van der Waals surface area contributed by atoms with Crippen molar-refractivity contribution in [1.82, 2.24) is 5.32 Å². The maximum Gasteiger partial charge on any atom is 0.349 e. The Bertz CT molecular complexity index is 853.